The van der Waals surface area contributed by atoms with E-state index in [9.17, 15) is 14.4 Å². The number of likely N-dealkylation sites (tertiary alicyclic amines) is 1. The maximum atomic E-state index is 12.5. The number of carbonyl (C=O) groups is 3. The van der Waals surface area contributed by atoms with Crippen LogP contribution in [0, 0.1) is 5.92 Å². The monoisotopic (exact) mass is 418 g/mol. The molecule has 0 spiro atoms. The minimum atomic E-state index is -0.528. The van der Waals surface area contributed by atoms with Crippen LogP contribution in [0.4, 0.5) is 15.3 Å². The van der Waals surface area contributed by atoms with Crippen molar-refractivity contribution < 1.29 is 19.1 Å². The lowest BCUT2D eigenvalue weighted by atomic mass is 9.97. The molecule has 8 nitrogen and oxygen atoms in total. The smallest absolute Gasteiger partial charge is 0.410 e. The molecular weight excluding hydrogens is 384 g/mol. The molecule has 1 aromatic rings. The first-order valence-electron chi connectivity index (χ1n) is 10.5. The first kappa shape index (κ1) is 23.5. The summed E-state index contributed by atoms with van der Waals surface area (Å²) in [5.74, 6) is 0.231. The molecule has 0 radical (unpaired) electrons. The van der Waals surface area contributed by atoms with Crippen molar-refractivity contribution in [3.63, 3.8) is 0 Å². The van der Waals surface area contributed by atoms with Gasteiger partial charge in [0.1, 0.15) is 5.60 Å². The molecule has 0 saturated carbocycles. The fourth-order valence-electron chi connectivity index (χ4n) is 3.38. The summed E-state index contributed by atoms with van der Waals surface area (Å²) in [7, 11) is 1.73. The Hall–Kier alpha value is -2.77. The van der Waals surface area contributed by atoms with E-state index in [1.165, 1.54) is 0 Å². The molecule has 1 atom stereocenters. The van der Waals surface area contributed by atoms with Crippen LogP contribution >= 0.6 is 0 Å². The molecule has 30 heavy (non-hydrogen) atoms. The zero-order valence-corrected chi connectivity index (χ0v) is 18.4. The van der Waals surface area contributed by atoms with E-state index in [1.54, 1.807) is 24.1 Å². The molecule has 1 aliphatic rings. The fraction of sp³-hybridized carbons (Fsp3) is 0.591. The number of piperidine rings is 1. The average molecular weight is 419 g/mol. The number of urea groups is 1. The number of carbonyl (C=O) groups excluding carboxylic acids is 3. The quantitative estimate of drug-likeness (QED) is 0.742. The zero-order valence-electron chi connectivity index (χ0n) is 18.4. The third-order valence-electron chi connectivity index (χ3n) is 4.77. The van der Waals surface area contributed by atoms with E-state index >= 15 is 0 Å². The third kappa shape index (κ3) is 8.31. The highest BCUT2D eigenvalue weighted by Crippen LogP contribution is 2.19. The lowest BCUT2D eigenvalue weighted by Gasteiger charge is -2.35. The minimum absolute atomic E-state index is 0.0135. The van der Waals surface area contributed by atoms with Gasteiger partial charge >= 0.3 is 12.1 Å². The standard InChI is InChI=1S/C22H34N4O4/c1-22(2,3)30-21(29)25(4)15-17-9-8-14-26(16-17)19(27)12-13-23-20(28)24-18-10-6-5-7-11-18/h5-7,10-11,17H,8-9,12-16H2,1-4H3,(H2,23,24,28). The van der Waals surface area contributed by atoms with Crippen LogP contribution in [-0.4, -0.2) is 66.7 Å². The van der Waals surface area contributed by atoms with Crippen molar-refractivity contribution in [3.05, 3.63) is 30.3 Å². The molecule has 1 aliphatic heterocycles. The molecule has 0 aromatic heterocycles. The Labute approximate surface area is 178 Å². The molecule has 166 valence electrons. The molecule has 1 saturated heterocycles. The van der Waals surface area contributed by atoms with Crippen molar-refractivity contribution >= 4 is 23.7 Å². The first-order chi connectivity index (χ1) is 14.1. The molecule has 8 heteroatoms. The molecule has 1 unspecified atom stereocenters. The summed E-state index contributed by atoms with van der Waals surface area (Å²) in [4.78, 5) is 40.0. The summed E-state index contributed by atoms with van der Waals surface area (Å²) >= 11 is 0. The molecule has 1 aromatic carbocycles. The van der Waals surface area contributed by atoms with Crippen LogP contribution in [0.3, 0.4) is 0 Å². The van der Waals surface area contributed by atoms with Gasteiger partial charge in [-0.2, -0.15) is 0 Å². The summed E-state index contributed by atoms with van der Waals surface area (Å²) in [5.41, 5.74) is 0.175. The van der Waals surface area contributed by atoms with E-state index in [-0.39, 0.29) is 36.9 Å². The van der Waals surface area contributed by atoms with Gasteiger partial charge in [0.2, 0.25) is 5.91 Å². The Morgan fingerprint density at radius 3 is 2.57 bits per heavy atom. The topological polar surface area (TPSA) is 91.0 Å². The van der Waals surface area contributed by atoms with Gasteiger partial charge in [-0.25, -0.2) is 9.59 Å². The molecule has 0 bridgehead atoms. The van der Waals surface area contributed by atoms with Crippen LogP contribution in [0.1, 0.15) is 40.0 Å². The highest BCUT2D eigenvalue weighted by Gasteiger charge is 2.27. The highest BCUT2D eigenvalue weighted by atomic mass is 16.6. The second-order valence-electron chi connectivity index (χ2n) is 8.71. The zero-order chi connectivity index (χ0) is 22.1. The van der Waals surface area contributed by atoms with Crippen molar-refractivity contribution in [1.29, 1.82) is 0 Å². The van der Waals surface area contributed by atoms with Gasteiger partial charge in [0.25, 0.3) is 0 Å². The summed E-state index contributed by atoms with van der Waals surface area (Å²) < 4.78 is 5.39. The maximum absolute atomic E-state index is 12.5. The average Bonchev–Trinajstić information content (AvgIpc) is 2.67. The predicted octanol–water partition coefficient (Wildman–Crippen LogP) is 3.30. The number of benzene rings is 1. The normalized spacial score (nSPS) is 16.5. The second-order valence-corrected chi connectivity index (χ2v) is 8.71. The van der Waals surface area contributed by atoms with Crippen LogP contribution in [0.25, 0.3) is 0 Å². The van der Waals surface area contributed by atoms with E-state index in [0.29, 0.717) is 25.3 Å². The van der Waals surface area contributed by atoms with E-state index in [4.69, 9.17) is 4.74 Å². The third-order valence-corrected chi connectivity index (χ3v) is 4.77. The Bertz CT molecular complexity index is 718. The molecule has 2 N–H and O–H groups in total. The van der Waals surface area contributed by atoms with Crippen molar-refractivity contribution in [2.45, 2.75) is 45.6 Å². The van der Waals surface area contributed by atoms with Crippen LogP contribution in [0.15, 0.2) is 30.3 Å². The van der Waals surface area contributed by atoms with Crippen LogP contribution in [0.5, 0.6) is 0 Å². The number of para-hydroxylation sites is 1. The largest absolute Gasteiger partial charge is 0.444 e. The number of ether oxygens (including phenoxy) is 1. The fourth-order valence-corrected chi connectivity index (χ4v) is 3.38. The van der Waals surface area contributed by atoms with E-state index in [1.807, 2.05) is 43.9 Å². The number of nitrogens with zero attached hydrogens (tertiary/aromatic N) is 2. The number of hydrogen-bond donors (Lipinski definition) is 2. The molecule has 2 rings (SSSR count). The lowest BCUT2D eigenvalue weighted by molar-refractivity contribution is -0.132. The summed E-state index contributed by atoms with van der Waals surface area (Å²) in [5, 5.41) is 5.44. The van der Waals surface area contributed by atoms with Gasteiger partial charge < -0.3 is 25.2 Å². The van der Waals surface area contributed by atoms with Gasteiger partial charge in [0.05, 0.1) is 0 Å². The molecule has 0 aliphatic carbocycles. The van der Waals surface area contributed by atoms with Gasteiger partial charge in [-0.05, 0) is 51.7 Å². The highest BCUT2D eigenvalue weighted by molar-refractivity contribution is 5.89. The van der Waals surface area contributed by atoms with E-state index < -0.39 is 5.60 Å². The van der Waals surface area contributed by atoms with Crippen molar-refractivity contribution in [3.8, 4) is 0 Å². The van der Waals surface area contributed by atoms with Crippen molar-refractivity contribution in [1.82, 2.24) is 15.1 Å². The summed E-state index contributed by atoms with van der Waals surface area (Å²) in [6, 6.07) is 8.82. The summed E-state index contributed by atoms with van der Waals surface area (Å²) in [6.07, 6.45) is 1.77. The lowest BCUT2D eigenvalue weighted by Crippen LogP contribution is -2.45. The molecule has 1 heterocycles. The van der Waals surface area contributed by atoms with Gasteiger partial charge in [-0.15, -0.1) is 0 Å². The van der Waals surface area contributed by atoms with Gasteiger partial charge in [-0.1, -0.05) is 18.2 Å². The van der Waals surface area contributed by atoms with Crippen LogP contribution in [0.2, 0.25) is 0 Å². The Kier molecular flexibility index (Phi) is 8.50. The molecule has 1 fully saturated rings. The minimum Gasteiger partial charge on any atom is -0.444 e. The SMILES string of the molecule is CN(CC1CCCN(C(=O)CCNC(=O)Nc2ccccc2)C1)C(=O)OC(C)(C)C. The molecular formula is C22H34N4O4. The summed E-state index contributed by atoms with van der Waals surface area (Å²) in [6.45, 7) is 7.67. The van der Waals surface area contributed by atoms with E-state index in [2.05, 4.69) is 10.6 Å². The first-order valence-corrected chi connectivity index (χ1v) is 10.5. The van der Waals surface area contributed by atoms with Crippen LogP contribution < -0.4 is 10.6 Å². The Balaban J connectivity index is 1.72. The Morgan fingerprint density at radius 1 is 1.20 bits per heavy atom. The van der Waals surface area contributed by atoms with Crippen molar-refractivity contribution in [2.24, 2.45) is 5.92 Å². The van der Waals surface area contributed by atoms with Gasteiger partial charge in [-0.3, -0.25) is 4.79 Å². The molecule has 4 amide bonds. The predicted molar refractivity (Wildman–Crippen MR) is 116 cm³/mol. The Morgan fingerprint density at radius 2 is 1.90 bits per heavy atom. The van der Waals surface area contributed by atoms with Crippen molar-refractivity contribution in [2.75, 3.05) is 38.5 Å². The van der Waals surface area contributed by atoms with Gasteiger partial charge in [0.15, 0.2) is 0 Å². The van der Waals surface area contributed by atoms with Crippen LogP contribution in [-0.2, 0) is 9.53 Å². The number of amides is 4. The maximum Gasteiger partial charge on any atom is 0.410 e. The number of anilines is 1. The number of nitrogens with one attached hydrogen (secondary N) is 2. The number of hydrogen-bond acceptors (Lipinski definition) is 4. The number of rotatable bonds is 6. The van der Waals surface area contributed by atoms with Gasteiger partial charge in [0, 0.05) is 45.3 Å². The second kappa shape index (κ2) is 10.8. The van der Waals surface area contributed by atoms with E-state index in [0.717, 1.165) is 12.8 Å².